The molecule has 2 N–H and O–H groups in total. The van der Waals surface area contributed by atoms with Gasteiger partial charge in [-0.25, -0.2) is 4.98 Å². The number of nitrogens with one attached hydrogen (secondary N) is 1. The first kappa shape index (κ1) is 13.0. The van der Waals surface area contributed by atoms with Gasteiger partial charge in [0.2, 0.25) is 5.91 Å². The third kappa shape index (κ3) is 3.51. The zero-order valence-corrected chi connectivity index (χ0v) is 10.9. The molecule has 1 aromatic heterocycles. The molecule has 0 fully saturated rings. The summed E-state index contributed by atoms with van der Waals surface area (Å²) in [4.78, 5) is 15.9. The number of nitrogens with zero attached hydrogens (tertiary/aromatic N) is 1. The third-order valence-corrected chi connectivity index (χ3v) is 3.62. The fourth-order valence-corrected chi connectivity index (χ4v) is 2.56. The summed E-state index contributed by atoms with van der Waals surface area (Å²) in [5, 5.41) is 12.4. The maximum Gasteiger partial charge on any atom is 0.220 e. The Morgan fingerprint density at radius 1 is 1.33 bits per heavy atom. The topological polar surface area (TPSA) is 62.2 Å². The minimum absolute atomic E-state index is 0.0164. The number of aliphatic hydroxyl groups is 1. The van der Waals surface area contributed by atoms with Crippen molar-refractivity contribution in [3.8, 4) is 0 Å². The largest absolute Gasteiger partial charge is 0.396 e. The number of benzene rings is 1. The lowest BCUT2D eigenvalue weighted by Gasteiger charge is -2.01. The van der Waals surface area contributed by atoms with Crippen LogP contribution in [0, 0.1) is 0 Å². The van der Waals surface area contributed by atoms with Crippen LogP contribution in [0.2, 0.25) is 0 Å². The molecule has 0 aliphatic carbocycles. The molecular weight excluding hydrogens is 248 g/mol. The first-order valence-corrected chi connectivity index (χ1v) is 6.83. The molecular formula is C13H16N2O2S. The van der Waals surface area contributed by atoms with Crippen molar-refractivity contribution in [1.29, 1.82) is 0 Å². The molecule has 0 saturated carbocycles. The number of unbranched alkanes of at least 4 members (excludes halogenated alkanes) is 1. The van der Waals surface area contributed by atoms with Crippen LogP contribution in [0.25, 0.3) is 10.2 Å². The Balaban J connectivity index is 1.84. The van der Waals surface area contributed by atoms with E-state index in [1.165, 1.54) is 0 Å². The lowest BCUT2D eigenvalue weighted by Crippen LogP contribution is -2.22. The number of rotatable bonds is 6. The highest BCUT2D eigenvalue weighted by Gasteiger charge is 2.05. The van der Waals surface area contributed by atoms with Gasteiger partial charge < -0.3 is 10.4 Å². The van der Waals surface area contributed by atoms with Crippen LogP contribution in [0.3, 0.4) is 0 Å². The summed E-state index contributed by atoms with van der Waals surface area (Å²) in [7, 11) is 0. The quantitative estimate of drug-likeness (QED) is 0.785. The molecule has 18 heavy (non-hydrogen) atoms. The van der Waals surface area contributed by atoms with Crippen LogP contribution in [-0.2, 0) is 11.3 Å². The summed E-state index contributed by atoms with van der Waals surface area (Å²) < 4.78 is 1.14. The number of thiazole rings is 1. The summed E-state index contributed by atoms with van der Waals surface area (Å²) in [6, 6.07) is 7.94. The van der Waals surface area contributed by atoms with E-state index in [4.69, 9.17) is 5.11 Å². The number of hydrogen-bond donors (Lipinski definition) is 2. The molecule has 1 amide bonds. The number of fused-ring (bicyclic) bond motifs is 1. The molecule has 0 saturated heterocycles. The second-order valence-corrected chi connectivity index (χ2v) is 5.15. The zero-order chi connectivity index (χ0) is 12.8. The summed E-state index contributed by atoms with van der Waals surface area (Å²) >= 11 is 1.60. The van der Waals surface area contributed by atoms with Gasteiger partial charge in [-0.15, -0.1) is 11.3 Å². The van der Waals surface area contributed by atoms with Crippen LogP contribution in [0.15, 0.2) is 24.3 Å². The van der Waals surface area contributed by atoms with Crippen molar-refractivity contribution in [1.82, 2.24) is 10.3 Å². The molecule has 0 atom stereocenters. The van der Waals surface area contributed by atoms with Gasteiger partial charge in [0.15, 0.2) is 0 Å². The van der Waals surface area contributed by atoms with Crippen LogP contribution in [0.1, 0.15) is 24.3 Å². The number of aliphatic hydroxyl groups excluding tert-OH is 1. The van der Waals surface area contributed by atoms with Crippen LogP contribution in [0.5, 0.6) is 0 Å². The van der Waals surface area contributed by atoms with Gasteiger partial charge in [-0.1, -0.05) is 12.1 Å². The van der Waals surface area contributed by atoms with Crippen molar-refractivity contribution >= 4 is 27.5 Å². The molecule has 0 spiro atoms. The van der Waals surface area contributed by atoms with Gasteiger partial charge in [-0.05, 0) is 25.0 Å². The van der Waals surface area contributed by atoms with E-state index in [2.05, 4.69) is 10.3 Å². The number of amides is 1. The highest BCUT2D eigenvalue weighted by Crippen LogP contribution is 2.21. The average Bonchev–Trinajstić information content (AvgIpc) is 2.79. The molecule has 0 aliphatic rings. The Bertz CT molecular complexity index is 491. The first-order chi connectivity index (χ1) is 8.79. The molecule has 5 heteroatoms. The number of aromatic nitrogens is 1. The maximum absolute atomic E-state index is 11.5. The summed E-state index contributed by atoms with van der Waals surface area (Å²) in [6.07, 6.45) is 1.86. The predicted octanol–water partition coefficient (Wildman–Crippen LogP) is 2.08. The molecule has 1 heterocycles. The Morgan fingerprint density at radius 2 is 2.17 bits per heavy atom. The van der Waals surface area contributed by atoms with E-state index in [0.29, 0.717) is 19.4 Å². The van der Waals surface area contributed by atoms with Crippen molar-refractivity contribution in [2.24, 2.45) is 0 Å². The van der Waals surface area contributed by atoms with Gasteiger partial charge in [0.25, 0.3) is 0 Å². The van der Waals surface area contributed by atoms with Gasteiger partial charge in [0, 0.05) is 13.0 Å². The number of carbonyl (C=O) groups excluding carboxylic acids is 1. The third-order valence-electron chi connectivity index (χ3n) is 2.59. The minimum Gasteiger partial charge on any atom is -0.396 e. The van der Waals surface area contributed by atoms with Gasteiger partial charge in [-0.3, -0.25) is 4.79 Å². The van der Waals surface area contributed by atoms with Gasteiger partial charge in [-0.2, -0.15) is 0 Å². The van der Waals surface area contributed by atoms with Crippen LogP contribution >= 0.6 is 11.3 Å². The van der Waals surface area contributed by atoms with Gasteiger partial charge in [0.05, 0.1) is 16.8 Å². The highest BCUT2D eigenvalue weighted by atomic mass is 32.1. The van der Waals surface area contributed by atoms with Crippen LogP contribution in [0.4, 0.5) is 0 Å². The molecule has 4 nitrogen and oxygen atoms in total. The summed E-state index contributed by atoms with van der Waals surface area (Å²) in [5.41, 5.74) is 0.979. The number of para-hydroxylation sites is 1. The van der Waals surface area contributed by atoms with Crippen molar-refractivity contribution < 1.29 is 9.90 Å². The van der Waals surface area contributed by atoms with Crippen LogP contribution in [-0.4, -0.2) is 22.6 Å². The monoisotopic (exact) mass is 264 g/mol. The predicted molar refractivity (Wildman–Crippen MR) is 72.4 cm³/mol. The van der Waals surface area contributed by atoms with E-state index < -0.39 is 0 Å². The maximum atomic E-state index is 11.5. The van der Waals surface area contributed by atoms with E-state index in [-0.39, 0.29) is 12.5 Å². The number of carbonyl (C=O) groups is 1. The van der Waals surface area contributed by atoms with E-state index >= 15 is 0 Å². The fourth-order valence-electron chi connectivity index (χ4n) is 1.66. The second-order valence-electron chi connectivity index (χ2n) is 4.03. The first-order valence-electron chi connectivity index (χ1n) is 6.01. The van der Waals surface area contributed by atoms with Crippen molar-refractivity contribution in [3.05, 3.63) is 29.3 Å². The molecule has 0 radical (unpaired) electrons. The number of hydrogen-bond acceptors (Lipinski definition) is 4. The lowest BCUT2D eigenvalue weighted by molar-refractivity contribution is -0.121. The standard InChI is InChI=1S/C13H16N2O2S/c16-8-4-3-7-12(17)14-9-13-15-10-5-1-2-6-11(10)18-13/h1-2,5-6,16H,3-4,7-9H2,(H,14,17). The van der Waals surface area contributed by atoms with E-state index in [1.54, 1.807) is 11.3 Å². The van der Waals surface area contributed by atoms with E-state index in [1.807, 2.05) is 24.3 Å². The van der Waals surface area contributed by atoms with Gasteiger partial charge in [0.1, 0.15) is 5.01 Å². The molecule has 2 rings (SSSR count). The van der Waals surface area contributed by atoms with Crippen molar-refractivity contribution in [2.75, 3.05) is 6.61 Å². The average molecular weight is 264 g/mol. The minimum atomic E-state index is 0.0164. The molecule has 0 unspecified atom stereocenters. The molecule has 0 bridgehead atoms. The van der Waals surface area contributed by atoms with Gasteiger partial charge >= 0.3 is 0 Å². The smallest absolute Gasteiger partial charge is 0.220 e. The highest BCUT2D eigenvalue weighted by molar-refractivity contribution is 7.18. The normalized spacial score (nSPS) is 10.7. The fraction of sp³-hybridized carbons (Fsp3) is 0.385. The summed E-state index contributed by atoms with van der Waals surface area (Å²) in [5.74, 6) is 0.0164. The van der Waals surface area contributed by atoms with Crippen molar-refractivity contribution in [2.45, 2.75) is 25.8 Å². The van der Waals surface area contributed by atoms with E-state index in [0.717, 1.165) is 21.6 Å². The summed E-state index contributed by atoms with van der Waals surface area (Å²) in [6.45, 7) is 0.627. The lowest BCUT2D eigenvalue weighted by atomic mass is 10.2. The molecule has 0 aliphatic heterocycles. The Hall–Kier alpha value is -1.46. The SMILES string of the molecule is O=C(CCCCO)NCc1nc2ccccc2s1. The Labute approximate surface area is 110 Å². The zero-order valence-electron chi connectivity index (χ0n) is 10.1. The molecule has 1 aromatic carbocycles. The second kappa shape index (κ2) is 6.47. The molecule has 96 valence electrons. The van der Waals surface area contributed by atoms with Crippen LogP contribution < -0.4 is 5.32 Å². The Morgan fingerprint density at radius 3 is 2.94 bits per heavy atom. The van der Waals surface area contributed by atoms with Crippen molar-refractivity contribution in [3.63, 3.8) is 0 Å². The Kier molecular flexibility index (Phi) is 4.66. The van der Waals surface area contributed by atoms with E-state index in [9.17, 15) is 4.79 Å². The molecule has 2 aromatic rings.